The molecule has 0 radical (unpaired) electrons. The molecule has 1 heterocycles. The number of hydrogen-bond acceptors (Lipinski definition) is 2. The van der Waals surface area contributed by atoms with Crippen LogP contribution >= 0.6 is 0 Å². The van der Waals surface area contributed by atoms with Crippen LogP contribution in [0.25, 0.3) is 11.0 Å². The molecule has 1 aromatic carbocycles. The number of imidazole rings is 1. The van der Waals surface area contributed by atoms with Crippen molar-refractivity contribution in [2.45, 2.75) is 39.0 Å². The van der Waals surface area contributed by atoms with Gasteiger partial charge in [0.2, 0.25) is 0 Å². The fourth-order valence-corrected chi connectivity index (χ4v) is 2.13. The van der Waals surface area contributed by atoms with Crippen molar-refractivity contribution in [3.8, 4) is 0 Å². The average Bonchev–Trinajstić information content (AvgIpc) is 2.67. The first kappa shape index (κ1) is 13.9. The van der Waals surface area contributed by atoms with Gasteiger partial charge in [0.25, 0.3) is 0 Å². The van der Waals surface area contributed by atoms with Gasteiger partial charge in [-0.15, -0.1) is 0 Å². The van der Waals surface area contributed by atoms with Crippen LogP contribution in [0.4, 0.5) is 13.2 Å². The van der Waals surface area contributed by atoms with Crippen molar-refractivity contribution in [3.05, 3.63) is 29.6 Å². The minimum atomic E-state index is -4.35. The molecular formula is C13H16F3N3. The number of fused-ring (bicyclic) bond motifs is 1. The van der Waals surface area contributed by atoms with Crippen LogP contribution in [-0.4, -0.2) is 9.55 Å². The molecule has 2 N–H and O–H groups in total. The summed E-state index contributed by atoms with van der Waals surface area (Å²) in [5.74, 6) is 0.621. The maximum Gasteiger partial charge on any atom is 0.416 e. The molecule has 6 heteroatoms. The van der Waals surface area contributed by atoms with Gasteiger partial charge in [0, 0.05) is 6.54 Å². The van der Waals surface area contributed by atoms with Crippen LogP contribution in [0.3, 0.4) is 0 Å². The van der Waals surface area contributed by atoms with Crippen molar-refractivity contribution in [2.75, 3.05) is 0 Å². The maximum atomic E-state index is 12.7. The summed E-state index contributed by atoms with van der Waals surface area (Å²) in [5.41, 5.74) is 6.18. The number of benzene rings is 1. The lowest BCUT2D eigenvalue weighted by Gasteiger charge is -2.10. The van der Waals surface area contributed by atoms with Gasteiger partial charge in [-0.2, -0.15) is 13.2 Å². The number of aryl methyl sites for hydroxylation is 1. The van der Waals surface area contributed by atoms with Gasteiger partial charge in [-0.1, -0.05) is 6.92 Å². The lowest BCUT2D eigenvalue weighted by Crippen LogP contribution is -2.13. The summed E-state index contributed by atoms with van der Waals surface area (Å²) in [6.45, 7) is 4.47. The third kappa shape index (κ3) is 2.58. The summed E-state index contributed by atoms with van der Waals surface area (Å²) in [6.07, 6.45) is -3.48. The van der Waals surface area contributed by atoms with Crippen LogP contribution in [0, 0.1) is 0 Å². The minimum Gasteiger partial charge on any atom is -0.327 e. The van der Waals surface area contributed by atoms with Crippen LogP contribution in [0.15, 0.2) is 18.2 Å². The van der Waals surface area contributed by atoms with E-state index in [0.717, 1.165) is 18.6 Å². The van der Waals surface area contributed by atoms with Crippen molar-refractivity contribution < 1.29 is 13.2 Å². The largest absolute Gasteiger partial charge is 0.416 e. The van der Waals surface area contributed by atoms with Crippen molar-refractivity contribution >= 4 is 11.0 Å². The van der Waals surface area contributed by atoms with Crippen molar-refractivity contribution in [3.63, 3.8) is 0 Å². The number of halogens is 3. The summed E-state index contributed by atoms with van der Waals surface area (Å²) in [5, 5.41) is 0. The molecule has 0 bridgehead atoms. The zero-order valence-corrected chi connectivity index (χ0v) is 10.8. The Morgan fingerprint density at radius 3 is 2.58 bits per heavy atom. The number of rotatable bonds is 3. The quantitative estimate of drug-likeness (QED) is 0.928. The first-order chi connectivity index (χ1) is 8.84. The van der Waals surface area contributed by atoms with Crippen molar-refractivity contribution in [2.24, 2.45) is 5.73 Å². The van der Waals surface area contributed by atoms with E-state index in [-0.39, 0.29) is 6.04 Å². The third-order valence-electron chi connectivity index (χ3n) is 2.96. The lowest BCUT2D eigenvalue weighted by molar-refractivity contribution is -0.137. The van der Waals surface area contributed by atoms with E-state index in [9.17, 15) is 13.2 Å². The number of alkyl halides is 3. The van der Waals surface area contributed by atoms with E-state index in [4.69, 9.17) is 5.73 Å². The van der Waals surface area contributed by atoms with Crippen molar-refractivity contribution in [1.82, 2.24) is 9.55 Å². The fraction of sp³-hybridized carbons (Fsp3) is 0.462. The molecular weight excluding hydrogens is 255 g/mol. The number of nitrogens with two attached hydrogens (primary N) is 1. The predicted octanol–water partition coefficient (Wildman–Crippen LogP) is 3.48. The fourth-order valence-electron chi connectivity index (χ4n) is 2.13. The Bertz CT molecular complexity index is 585. The highest BCUT2D eigenvalue weighted by molar-refractivity contribution is 5.77. The molecule has 0 aliphatic carbocycles. The number of hydrogen-bond donors (Lipinski definition) is 1. The average molecular weight is 271 g/mol. The molecule has 2 aromatic rings. The SMILES string of the molecule is CCCn1c(C(C)N)nc2cc(C(F)(F)F)ccc21. The molecule has 1 unspecified atom stereocenters. The normalized spacial score (nSPS) is 14.0. The first-order valence-corrected chi connectivity index (χ1v) is 6.17. The second kappa shape index (κ2) is 4.85. The Hall–Kier alpha value is -1.56. The summed E-state index contributed by atoms with van der Waals surface area (Å²) >= 11 is 0. The van der Waals surface area contributed by atoms with Crippen LogP contribution < -0.4 is 5.73 Å². The van der Waals surface area contributed by atoms with E-state index >= 15 is 0 Å². The number of nitrogens with zero attached hydrogens (tertiary/aromatic N) is 2. The highest BCUT2D eigenvalue weighted by Gasteiger charge is 2.31. The van der Waals surface area contributed by atoms with Gasteiger partial charge in [-0.3, -0.25) is 0 Å². The van der Waals surface area contributed by atoms with Gasteiger partial charge in [-0.05, 0) is 31.5 Å². The highest BCUT2D eigenvalue weighted by Crippen LogP contribution is 2.32. The molecule has 1 aromatic heterocycles. The molecule has 1 atom stereocenters. The van der Waals surface area contributed by atoms with Gasteiger partial charge < -0.3 is 10.3 Å². The molecule has 19 heavy (non-hydrogen) atoms. The van der Waals surface area contributed by atoms with Crippen LogP contribution in [0.5, 0.6) is 0 Å². The Balaban J connectivity index is 2.62. The van der Waals surface area contributed by atoms with Gasteiger partial charge in [-0.25, -0.2) is 4.98 Å². The smallest absolute Gasteiger partial charge is 0.327 e. The van der Waals surface area contributed by atoms with Crippen LogP contribution in [0.1, 0.15) is 37.7 Å². The zero-order chi connectivity index (χ0) is 14.2. The summed E-state index contributed by atoms with van der Waals surface area (Å²) < 4.78 is 39.9. The molecule has 0 aliphatic heterocycles. The zero-order valence-electron chi connectivity index (χ0n) is 10.8. The monoisotopic (exact) mass is 271 g/mol. The molecule has 0 saturated heterocycles. The van der Waals surface area contributed by atoms with E-state index < -0.39 is 11.7 Å². The van der Waals surface area contributed by atoms with Gasteiger partial charge in [0.05, 0.1) is 22.6 Å². The minimum absolute atomic E-state index is 0.312. The van der Waals surface area contributed by atoms with Gasteiger partial charge in [0.1, 0.15) is 5.82 Å². The van der Waals surface area contributed by atoms with Gasteiger partial charge in [0.15, 0.2) is 0 Å². The Labute approximate surface area is 109 Å². The predicted molar refractivity (Wildman–Crippen MR) is 67.6 cm³/mol. The lowest BCUT2D eigenvalue weighted by atomic mass is 10.2. The maximum absolute atomic E-state index is 12.7. The molecule has 0 saturated carbocycles. The summed E-state index contributed by atoms with van der Waals surface area (Å²) in [6, 6.07) is 3.31. The Morgan fingerprint density at radius 2 is 2.05 bits per heavy atom. The van der Waals surface area contributed by atoms with E-state index in [1.165, 1.54) is 6.07 Å². The van der Waals surface area contributed by atoms with Crippen LogP contribution in [-0.2, 0) is 12.7 Å². The second-order valence-electron chi connectivity index (χ2n) is 4.61. The standard InChI is InChI=1S/C13H16F3N3/c1-3-6-19-11-5-4-9(13(14,15)16)7-10(11)18-12(19)8(2)17/h4-5,7-8H,3,6,17H2,1-2H3. The van der Waals surface area contributed by atoms with Crippen LogP contribution in [0.2, 0.25) is 0 Å². The van der Waals surface area contributed by atoms with E-state index in [1.807, 2.05) is 11.5 Å². The topological polar surface area (TPSA) is 43.8 Å². The molecule has 3 nitrogen and oxygen atoms in total. The van der Waals surface area contributed by atoms with Gasteiger partial charge >= 0.3 is 6.18 Å². The Morgan fingerprint density at radius 1 is 1.37 bits per heavy atom. The Kier molecular flexibility index (Phi) is 3.54. The molecule has 0 fully saturated rings. The highest BCUT2D eigenvalue weighted by atomic mass is 19.4. The summed E-state index contributed by atoms with van der Waals surface area (Å²) in [7, 11) is 0. The van der Waals surface area contributed by atoms with E-state index in [0.29, 0.717) is 23.4 Å². The molecule has 2 rings (SSSR count). The first-order valence-electron chi connectivity index (χ1n) is 6.17. The molecule has 0 amide bonds. The second-order valence-corrected chi connectivity index (χ2v) is 4.61. The summed E-state index contributed by atoms with van der Waals surface area (Å²) in [4.78, 5) is 4.24. The van der Waals surface area contributed by atoms with E-state index in [1.54, 1.807) is 6.92 Å². The molecule has 0 spiro atoms. The van der Waals surface area contributed by atoms with E-state index in [2.05, 4.69) is 4.98 Å². The molecule has 104 valence electrons. The number of aromatic nitrogens is 2. The molecule has 0 aliphatic rings. The van der Waals surface area contributed by atoms with Crippen molar-refractivity contribution in [1.29, 1.82) is 0 Å². The third-order valence-corrected chi connectivity index (χ3v) is 2.96.